The summed E-state index contributed by atoms with van der Waals surface area (Å²) >= 11 is 3.40. The van der Waals surface area contributed by atoms with Gasteiger partial charge in [-0.3, -0.25) is 9.59 Å². The molecule has 1 atom stereocenters. The molecule has 1 aromatic carbocycles. The van der Waals surface area contributed by atoms with Crippen LogP contribution < -0.4 is 15.5 Å². The summed E-state index contributed by atoms with van der Waals surface area (Å²) in [6.45, 7) is 1.96. The maximum Gasteiger partial charge on any atom is 0.227 e. The standard InChI is InChI=1S/C15H20BrN3O2/c1-17-6-3-7-18-15(21)11-8-14(20)19(10-11)13-5-2-4-12(16)9-13/h2,4-5,9,11,17H,3,6-8,10H2,1H3,(H,18,21). The van der Waals surface area contributed by atoms with E-state index >= 15 is 0 Å². The van der Waals surface area contributed by atoms with Gasteiger partial charge in [0.15, 0.2) is 0 Å². The molecule has 1 heterocycles. The van der Waals surface area contributed by atoms with Gasteiger partial charge in [-0.25, -0.2) is 0 Å². The average molecular weight is 354 g/mol. The molecule has 1 aromatic rings. The van der Waals surface area contributed by atoms with Gasteiger partial charge < -0.3 is 15.5 Å². The lowest BCUT2D eigenvalue weighted by Crippen LogP contribution is -2.34. The van der Waals surface area contributed by atoms with Crippen LogP contribution in [0.2, 0.25) is 0 Å². The van der Waals surface area contributed by atoms with Crippen molar-refractivity contribution in [3.8, 4) is 0 Å². The van der Waals surface area contributed by atoms with E-state index in [-0.39, 0.29) is 24.2 Å². The predicted molar refractivity (Wildman–Crippen MR) is 86.2 cm³/mol. The fourth-order valence-corrected chi connectivity index (χ4v) is 2.79. The van der Waals surface area contributed by atoms with Crippen LogP contribution in [0.25, 0.3) is 0 Å². The minimum atomic E-state index is -0.258. The van der Waals surface area contributed by atoms with Crippen molar-refractivity contribution < 1.29 is 9.59 Å². The highest BCUT2D eigenvalue weighted by atomic mass is 79.9. The lowest BCUT2D eigenvalue weighted by Gasteiger charge is -2.17. The van der Waals surface area contributed by atoms with E-state index in [0.717, 1.165) is 23.1 Å². The van der Waals surface area contributed by atoms with E-state index in [1.165, 1.54) is 0 Å². The Kier molecular flexibility index (Phi) is 5.76. The second-order valence-electron chi connectivity index (χ2n) is 5.13. The summed E-state index contributed by atoms with van der Waals surface area (Å²) in [6.07, 6.45) is 1.17. The van der Waals surface area contributed by atoms with E-state index in [4.69, 9.17) is 0 Å². The number of nitrogens with zero attached hydrogens (tertiary/aromatic N) is 1. The molecule has 1 unspecified atom stereocenters. The molecule has 0 aromatic heterocycles. The van der Waals surface area contributed by atoms with Crippen LogP contribution in [-0.4, -0.2) is 38.5 Å². The number of carbonyl (C=O) groups is 2. The van der Waals surface area contributed by atoms with Crippen LogP contribution in [0.3, 0.4) is 0 Å². The molecule has 2 N–H and O–H groups in total. The molecule has 114 valence electrons. The zero-order valence-electron chi connectivity index (χ0n) is 12.1. The highest BCUT2D eigenvalue weighted by Gasteiger charge is 2.34. The monoisotopic (exact) mass is 353 g/mol. The number of amides is 2. The van der Waals surface area contributed by atoms with Crippen LogP contribution in [-0.2, 0) is 9.59 Å². The number of hydrogen-bond donors (Lipinski definition) is 2. The van der Waals surface area contributed by atoms with Gasteiger partial charge in [-0.1, -0.05) is 22.0 Å². The van der Waals surface area contributed by atoms with Crippen LogP contribution in [0.4, 0.5) is 5.69 Å². The largest absolute Gasteiger partial charge is 0.356 e. The number of hydrogen-bond acceptors (Lipinski definition) is 3. The molecule has 1 aliphatic rings. The Hall–Kier alpha value is -1.40. The molecule has 1 saturated heterocycles. The lowest BCUT2D eigenvalue weighted by atomic mass is 10.1. The number of rotatable bonds is 6. The fraction of sp³-hybridized carbons (Fsp3) is 0.467. The number of benzene rings is 1. The van der Waals surface area contributed by atoms with Crippen molar-refractivity contribution in [1.29, 1.82) is 0 Å². The third-order valence-corrected chi connectivity index (χ3v) is 4.01. The van der Waals surface area contributed by atoms with Crippen LogP contribution >= 0.6 is 15.9 Å². The molecular weight excluding hydrogens is 334 g/mol. The number of carbonyl (C=O) groups excluding carboxylic acids is 2. The molecule has 21 heavy (non-hydrogen) atoms. The van der Waals surface area contributed by atoms with Gasteiger partial charge in [0.25, 0.3) is 0 Å². The van der Waals surface area contributed by atoms with Crippen molar-refractivity contribution in [1.82, 2.24) is 10.6 Å². The third kappa shape index (κ3) is 4.28. The molecule has 5 nitrogen and oxygen atoms in total. The molecular formula is C15H20BrN3O2. The lowest BCUT2D eigenvalue weighted by molar-refractivity contribution is -0.126. The van der Waals surface area contributed by atoms with Crippen molar-refractivity contribution in [3.05, 3.63) is 28.7 Å². The fourth-order valence-electron chi connectivity index (χ4n) is 2.40. The van der Waals surface area contributed by atoms with Gasteiger partial charge in [0.2, 0.25) is 11.8 Å². The smallest absolute Gasteiger partial charge is 0.227 e. The first-order valence-corrected chi connectivity index (χ1v) is 7.89. The van der Waals surface area contributed by atoms with Gasteiger partial charge in [-0.2, -0.15) is 0 Å². The maximum atomic E-state index is 12.1. The normalized spacial score (nSPS) is 18.1. The first-order valence-electron chi connectivity index (χ1n) is 7.10. The zero-order valence-corrected chi connectivity index (χ0v) is 13.6. The average Bonchev–Trinajstić information content (AvgIpc) is 2.85. The number of anilines is 1. The Morgan fingerprint density at radius 2 is 2.24 bits per heavy atom. The van der Waals surface area contributed by atoms with Crippen molar-refractivity contribution in [2.75, 3.05) is 31.6 Å². The number of nitrogens with one attached hydrogen (secondary N) is 2. The summed E-state index contributed by atoms with van der Waals surface area (Å²) in [5.41, 5.74) is 0.833. The van der Waals surface area contributed by atoms with Crippen LogP contribution in [0.1, 0.15) is 12.8 Å². The molecule has 0 saturated carbocycles. The quantitative estimate of drug-likeness (QED) is 0.762. The van der Waals surface area contributed by atoms with Gasteiger partial charge in [0, 0.05) is 29.7 Å². The minimum Gasteiger partial charge on any atom is -0.356 e. The summed E-state index contributed by atoms with van der Waals surface area (Å²) in [4.78, 5) is 25.9. The summed E-state index contributed by atoms with van der Waals surface area (Å²) < 4.78 is 0.924. The SMILES string of the molecule is CNCCCNC(=O)C1CC(=O)N(c2cccc(Br)c2)C1. The zero-order chi connectivity index (χ0) is 15.2. The molecule has 6 heteroatoms. The first-order chi connectivity index (χ1) is 10.1. The topological polar surface area (TPSA) is 61.4 Å². The van der Waals surface area contributed by atoms with E-state index in [2.05, 4.69) is 26.6 Å². The van der Waals surface area contributed by atoms with Crippen molar-refractivity contribution in [3.63, 3.8) is 0 Å². The van der Waals surface area contributed by atoms with Gasteiger partial charge in [0.05, 0.1) is 5.92 Å². The van der Waals surface area contributed by atoms with Crippen molar-refractivity contribution in [2.24, 2.45) is 5.92 Å². The van der Waals surface area contributed by atoms with Crippen LogP contribution in [0.15, 0.2) is 28.7 Å². The minimum absolute atomic E-state index is 0.00322. The van der Waals surface area contributed by atoms with Crippen molar-refractivity contribution >= 4 is 33.4 Å². The molecule has 2 rings (SSSR count). The summed E-state index contributed by atoms with van der Waals surface area (Å²) in [5.74, 6) is -0.286. The highest BCUT2D eigenvalue weighted by Crippen LogP contribution is 2.27. The van der Waals surface area contributed by atoms with E-state index in [1.807, 2.05) is 31.3 Å². The Labute approximate surface area is 133 Å². The Morgan fingerprint density at radius 3 is 2.95 bits per heavy atom. The van der Waals surface area contributed by atoms with Crippen molar-refractivity contribution in [2.45, 2.75) is 12.8 Å². The van der Waals surface area contributed by atoms with Gasteiger partial charge in [-0.05, 0) is 38.2 Å². The maximum absolute atomic E-state index is 12.1. The summed E-state index contributed by atoms with van der Waals surface area (Å²) in [5, 5.41) is 5.93. The highest BCUT2D eigenvalue weighted by molar-refractivity contribution is 9.10. The molecule has 0 spiro atoms. The first kappa shape index (κ1) is 16.0. The van der Waals surface area contributed by atoms with Crippen LogP contribution in [0, 0.1) is 5.92 Å². The molecule has 0 bridgehead atoms. The molecule has 0 radical (unpaired) electrons. The van der Waals surface area contributed by atoms with Gasteiger partial charge >= 0.3 is 0 Å². The molecule has 1 aliphatic heterocycles. The summed E-state index contributed by atoms with van der Waals surface area (Å²) in [7, 11) is 1.88. The third-order valence-electron chi connectivity index (χ3n) is 3.52. The van der Waals surface area contributed by atoms with Gasteiger partial charge in [-0.15, -0.1) is 0 Å². The Bertz CT molecular complexity index is 521. The predicted octanol–water partition coefficient (Wildman–Crippen LogP) is 1.53. The molecule has 0 aliphatic carbocycles. The number of halogens is 1. The van der Waals surface area contributed by atoms with E-state index in [9.17, 15) is 9.59 Å². The second kappa shape index (κ2) is 7.56. The second-order valence-corrected chi connectivity index (χ2v) is 6.05. The molecule has 1 fully saturated rings. The molecule has 2 amide bonds. The van der Waals surface area contributed by atoms with E-state index in [0.29, 0.717) is 13.1 Å². The summed E-state index contributed by atoms with van der Waals surface area (Å²) in [6, 6.07) is 7.58. The Morgan fingerprint density at radius 1 is 1.43 bits per heavy atom. The Balaban J connectivity index is 1.91. The van der Waals surface area contributed by atoms with Gasteiger partial charge in [0.1, 0.15) is 0 Å². The van der Waals surface area contributed by atoms with Crippen LogP contribution in [0.5, 0.6) is 0 Å². The van der Waals surface area contributed by atoms with E-state index in [1.54, 1.807) is 4.90 Å². The van der Waals surface area contributed by atoms with E-state index < -0.39 is 0 Å².